The summed E-state index contributed by atoms with van der Waals surface area (Å²) in [7, 11) is 0. The van der Waals surface area contributed by atoms with Gasteiger partial charge >= 0.3 is 0 Å². The number of Topliss-reactive ketones (excluding diaryl/α,β-unsaturated/α-hetero) is 1. The summed E-state index contributed by atoms with van der Waals surface area (Å²) in [6.45, 7) is -0.507. The maximum atomic E-state index is 11.0. The normalized spacial score (nSPS) is 51.9. The summed E-state index contributed by atoms with van der Waals surface area (Å²) < 4.78 is 4.86. The van der Waals surface area contributed by atoms with Crippen molar-refractivity contribution in [3.05, 3.63) is 0 Å². The molecule has 5 nitrogen and oxygen atoms in total. The van der Waals surface area contributed by atoms with E-state index in [0.717, 1.165) is 0 Å². The van der Waals surface area contributed by atoms with Gasteiger partial charge in [0.2, 0.25) is 0 Å². The monoisotopic (exact) mass is 174 g/mol. The van der Waals surface area contributed by atoms with Crippen molar-refractivity contribution in [1.82, 2.24) is 0 Å². The van der Waals surface area contributed by atoms with Crippen LogP contribution in [-0.2, 0) is 9.53 Å². The molecule has 2 aliphatic rings. The summed E-state index contributed by atoms with van der Waals surface area (Å²) in [6, 6.07) is 0. The van der Waals surface area contributed by atoms with E-state index in [1.54, 1.807) is 0 Å². The first-order valence-electron chi connectivity index (χ1n) is 3.78. The van der Waals surface area contributed by atoms with Gasteiger partial charge in [0.1, 0.15) is 18.3 Å². The number of carbonyl (C=O) groups excluding carboxylic acids is 1. The van der Waals surface area contributed by atoms with Crippen LogP contribution in [0.2, 0.25) is 0 Å². The first-order chi connectivity index (χ1) is 5.62. The molecular weight excluding hydrogens is 164 g/mol. The maximum Gasteiger partial charge on any atom is 0.167 e. The number of aliphatic hydroxyl groups excluding tert-OH is 2. The zero-order valence-corrected chi connectivity index (χ0v) is 6.30. The third-order valence-corrected chi connectivity index (χ3v) is 2.63. The molecule has 0 bridgehead atoms. The topological polar surface area (TPSA) is 87.0 Å². The number of hydrogen-bond donors (Lipinski definition) is 3. The molecule has 1 aliphatic heterocycles. The van der Waals surface area contributed by atoms with Crippen LogP contribution in [0.15, 0.2) is 0 Å². The maximum absolute atomic E-state index is 11.0. The molecule has 0 radical (unpaired) electrons. The van der Waals surface area contributed by atoms with Crippen LogP contribution in [0.3, 0.4) is 0 Å². The smallest absolute Gasteiger partial charge is 0.167 e. The van der Waals surface area contributed by atoms with Gasteiger partial charge < -0.3 is 20.1 Å². The Morgan fingerprint density at radius 1 is 1.67 bits per heavy atom. The van der Waals surface area contributed by atoms with Crippen LogP contribution in [0.5, 0.6) is 0 Å². The molecule has 0 aromatic rings. The average molecular weight is 174 g/mol. The lowest BCUT2D eigenvalue weighted by atomic mass is 10.1. The highest BCUT2D eigenvalue weighted by molar-refractivity contribution is 5.89. The third-order valence-electron chi connectivity index (χ3n) is 2.63. The summed E-state index contributed by atoms with van der Waals surface area (Å²) in [5.41, 5.74) is -1.52. The number of fused-ring (bicyclic) bond motifs is 1. The molecule has 2 fully saturated rings. The second-order valence-corrected chi connectivity index (χ2v) is 3.26. The fraction of sp³-hybridized carbons (Fsp3) is 0.857. The van der Waals surface area contributed by atoms with E-state index in [4.69, 9.17) is 9.84 Å². The molecule has 0 amide bonds. The number of carbonyl (C=O) groups is 1. The summed E-state index contributed by atoms with van der Waals surface area (Å²) in [6.07, 6.45) is -1.89. The molecule has 0 aromatic carbocycles. The van der Waals surface area contributed by atoms with Gasteiger partial charge in [-0.05, 0) is 0 Å². The van der Waals surface area contributed by atoms with Crippen LogP contribution < -0.4 is 0 Å². The lowest BCUT2D eigenvalue weighted by Gasteiger charge is -2.24. The minimum atomic E-state index is -1.52. The summed E-state index contributed by atoms with van der Waals surface area (Å²) in [5, 5.41) is 27.5. The first kappa shape index (κ1) is 8.12. The van der Waals surface area contributed by atoms with Crippen LogP contribution in [-0.4, -0.2) is 52.1 Å². The number of aliphatic hydroxyl groups is 3. The van der Waals surface area contributed by atoms with Crippen LogP contribution in [0.1, 0.15) is 0 Å². The van der Waals surface area contributed by atoms with Crippen molar-refractivity contribution < 1.29 is 24.9 Å². The number of hydrogen-bond acceptors (Lipinski definition) is 5. The average Bonchev–Trinajstić information content (AvgIpc) is 2.57. The zero-order chi connectivity index (χ0) is 8.93. The van der Waals surface area contributed by atoms with E-state index in [-0.39, 0.29) is 19.0 Å². The second kappa shape index (κ2) is 2.26. The van der Waals surface area contributed by atoms with E-state index < -0.39 is 23.7 Å². The molecule has 1 saturated carbocycles. The standard InChI is InChI=1S/C7H10O5/c8-1-4-7(11)5(6(7)10)3(9)2-12-4/h4-6,8,10-11H,1-2H2. The molecule has 12 heavy (non-hydrogen) atoms. The molecule has 0 aromatic heterocycles. The lowest BCUT2D eigenvalue weighted by Crippen LogP contribution is -2.44. The molecule has 3 N–H and O–H groups in total. The van der Waals surface area contributed by atoms with Gasteiger partial charge in [0.05, 0.1) is 18.6 Å². The van der Waals surface area contributed by atoms with Crippen molar-refractivity contribution in [2.45, 2.75) is 17.8 Å². The van der Waals surface area contributed by atoms with Crippen molar-refractivity contribution in [3.8, 4) is 0 Å². The Kier molecular flexibility index (Phi) is 1.53. The fourth-order valence-electron chi connectivity index (χ4n) is 1.81. The largest absolute Gasteiger partial charge is 0.394 e. The number of ether oxygens (including phenoxy) is 1. The molecule has 2 rings (SSSR count). The van der Waals surface area contributed by atoms with Crippen molar-refractivity contribution in [2.24, 2.45) is 5.92 Å². The van der Waals surface area contributed by atoms with Gasteiger partial charge in [0.25, 0.3) is 0 Å². The third kappa shape index (κ3) is 0.740. The van der Waals surface area contributed by atoms with Gasteiger partial charge in [0.15, 0.2) is 5.78 Å². The van der Waals surface area contributed by atoms with E-state index in [9.17, 15) is 15.0 Å². The van der Waals surface area contributed by atoms with Crippen molar-refractivity contribution in [1.29, 1.82) is 0 Å². The molecule has 68 valence electrons. The van der Waals surface area contributed by atoms with E-state index >= 15 is 0 Å². The van der Waals surface area contributed by atoms with Gasteiger partial charge in [0, 0.05) is 0 Å². The van der Waals surface area contributed by atoms with E-state index in [1.807, 2.05) is 0 Å². The van der Waals surface area contributed by atoms with Crippen molar-refractivity contribution in [2.75, 3.05) is 13.2 Å². The van der Waals surface area contributed by atoms with Crippen LogP contribution in [0.4, 0.5) is 0 Å². The molecule has 1 aliphatic carbocycles. The highest BCUT2D eigenvalue weighted by Gasteiger charge is 2.73. The summed E-state index contributed by atoms with van der Waals surface area (Å²) in [4.78, 5) is 11.0. The van der Waals surface area contributed by atoms with E-state index in [2.05, 4.69) is 0 Å². The Hall–Kier alpha value is -0.490. The molecule has 1 saturated heterocycles. The van der Waals surface area contributed by atoms with Gasteiger partial charge in [-0.3, -0.25) is 4.79 Å². The molecule has 5 heteroatoms. The van der Waals surface area contributed by atoms with Crippen LogP contribution in [0.25, 0.3) is 0 Å². The Bertz CT molecular complexity index is 228. The predicted octanol–water partition coefficient (Wildman–Crippen LogP) is -2.33. The molecule has 0 spiro atoms. The Morgan fingerprint density at radius 2 is 2.33 bits per heavy atom. The first-order valence-corrected chi connectivity index (χ1v) is 3.78. The predicted molar refractivity (Wildman–Crippen MR) is 36.3 cm³/mol. The van der Waals surface area contributed by atoms with Gasteiger partial charge in [-0.2, -0.15) is 0 Å². The fourth-order valence-corrected chi connectivity index (χ4v) is 1.81. The highest BCUT2D eigenvalue weighted by Crippen LogP contribution is 2.50. The number of ketones is 1. The molecular formula is C7H10O5. The van der Waals surface area contributed by atoms with Gasteiger partial charge in [-0.15, -0.1) is 0 Å². The SMILES string of the molecule is O=C1COC(CO)C2(O)C(O)C12. The van der Waals surface area contributed by atoms with Crippen molar-refractivity contribution >= 4 is 5.78 Å². The van der Waals surface area contributed by atoms with Gasteiger partial charge in [-0.25, -0.2) is 0 Å². The lowest BCUT2D eigenvalue weighted by molar-refractivity contribution is -0.150. The van der Waals surface area contributed by atoms with E-state index in [1.165, 1.54) is 0 Å². The summed E-state index contributed by atoms with van der Waals surface area (Å²) >= 11 is 0. The Balaban J connectivity index is 2.21. The van der Waals surface area contributed by atoms with Crippen LogP contribution in [0, 0.1) is 5.92 Å². The quantitative estimate of drug-likeness (QED) is 0.415. The van der Waals surface area contributed by atoms with Crippen LogP contribution >= 0.6 is 0 Å². The highest BCUT2D eigenvalue weighted by atomic mass is 16.5. The Morgan fingerprint density at radius 3 is 2.92 bits per heavy atom. The Labute approximate surface area is 68.6 Å². The minimum absolute atomic E-state index is 0.130. The summed E-state index contributed by atoms with van der Waals surface area (Å²) in [5.74, 6) is -1.04. The molecule has 4 unspecified atom stereocenters. The second-order valence-electron chi connectivity index (χ2n) is 3.26. The minimum Gasteiger partial charge on any atom is -0.394 e. The number of rotatable bonds is 1. The zero-order valence-electron chi connectivity index (χ0n) is 6.30. The molecule has 4 atom stereocenters. The van der Waals surface area contributed by atoms with E-state index in [0.29, 0.717) is 0 Å². The van der Waals surface area contributed by atoms with Gasteiger partial charge in [-0.1, -0.05) is 0 Å². The van der Waals surface area contributed by atoms with Crippen molar-refractivity contribution in [3.63, 3.8) is 0 Å². The molecule has 1 heterocycles.